The molecule has 100 valence electrons. The predicted molar refractivity (Wildman–Crippen MR) is 79.3 cm³/mol. The molecule has 19 heavy (non-hydrogen) atoms. The fourth-order valence-corrected chi connectivity index (χ4v) is 2.28. The van der Waals surface area contributed by atoms with Gasteiger partial charge >= 0.3 is 0 Å². The number of hydrogen-bond donors (Lipinski definition) is 2. The molecular formula is C15H16BrNO2. The van der Waals surface area contributed by atoms with E-state index in [0.29, 0.717) is 5.75 Å². The lowest BCUT2D eigenvalue weighted by molar-refractivity contribution is 0.276. The number of benzene rings is 2. The quantitative estimate of drug-likeness (QED) is 0.886. The zero-order chi connectivity index (χ0) is 13.7. The molecule has 0 saturated heterocycles. The van der Waals surface area contributed by atoms with E-state index in [0.717, 1.165) is 22.3 Å². The van der Waals surface area contributed by atoms with Crippen molar-refractivity contribution in [2.24, 2.45) is 0 Å². The summed E-state index contributed by atoms with van der Waals surface area (Å²) in [5, 5.41) is 12.4. The Kier molecular flexibility index (Phi) is 4.96. The number of rotatable bonds is 5. The number of halogens is 1. The molecule has 0 bridgehead atoms. The molecule has 0 aliphatic carbocycles. The van der Waals surface area contributed by atoms with Gasteiger partial charge in [-0.15, -0.1) is 0 Å². The summed E-state index contributed by atoms with van der Waals surface area (Å²) in [6.45, 7) is 0.767. The van der Waals surface area contributed by atoms with Crippen LogP contribution in [0.1, 0.15) is 11.1 Å². The third-order valence-electron chi connectivity index (χ3n) is 2.76. The minimum Gasteiger partial charge on any atom is -0.457 e. The van der Waals surface area contributed by atoms with Crippen LogP contribution < -0.4 is 10.1 Å². The molecule has 0 atom stereocenters. The Morgan fingerprint density at radius 2 is 1.95 bits per heavy atom. The average molecular weight is 322 g/mol. The summed E-state index contributed by atoms with van der Waals surface area (Å²) in [6.07, 6.45) is 0. The van der Waals surface area contributed by atoms with Gasteiger partial charge in [0.25, 0.3) is 0 Å². The number of aliphatic hydroxyl groups is 1. The summed E-state index contributed by atoms with van der Waals surface area (Å²) in [7, 11) is 1.91. The molecule has 2 N–H and O–H groups in total. The van der Waals surface area contributed by atoms with Crippen molar-refractivity contribution in [3.63, 3.8) is 0 Å². The molecule has 0 radical (unpaired) electrons. The van der Waals surface area contributed by atoms with Gasteiger partial charge < -0.3 is 15.2 Å². The SMILES string of the molecule is CNCc1ccc(Oc2ccccc2CO)cc1Br. The summed E-state index contributed by atoms with van der Waals surface area (Å²) >= 11 is 3.53. The summed E-state index contributed by atoms with van der Waals surface area (Å²) in [5.74, 6) is 1.42. The summed E-state index contributed by atoms with van der Waals surface area (Å²) in [4.78, 5) is 0. The van der Waals surface area contributed by atoms with E-state index >= 15 is 0 Å². The number of nitrogens with one attached hydrogen (secondary N) is 1. The van der Waals surface area contributed by atoms with E-state index in [4.69, 9.17) is 4.74 Å². The van der Waals surface area contributed by atoms with Gasteiger partial charge in [0.05, 0.1) is 6.61 Å². The van der Waals surface area contributed by atoms with Crippen molar-refractivity contribution in [1.82, 2.24) is 5.32 Å². The lowest BCUT2D eigenvalue weighted by atomic mass is 10.2. The zero-order valence-electron chi connectivity index (χ0n) is 10.7. The highest BCUT2D eigenvalue weighted by Gasteiger charge is 2.05. The Balaban J connectivity index is 2.21. The van der Waals surface area contributed by atoms with Crippen LogP contribution in [-0.2, 0) is 13.2 Å². The smallest absolute Gasteiger partial charge is 0.132 e. The molecule has 2 rings (SSSR count). The summed E-state index contributed by atoms with van der Waals surface area (Å²) < 4.78 is 6.80. The van der Waals surface area contributed by atoms with E-state index in [9.17, 15) is 5.11 Å². The van der Waals surface area contributed by atoms with Crippen LogP contribution in [0.3, 0.4) is 0 Å². The van der Waals surface area contributed by atoms with E-state index < -0.39 is 0 Å². The molecule has 0 spiro atoms. The van der Waals surface area contributed by atoms with Crippen molar-refractivity contribution in [1.29, 1.82) is 0 Å². The maximum Gasteiger partial charge on any atom is 0.132 e. The fraction of sp³-hybridized carbons (Fsp3) is 0.200. The molecule has 4 heteroatoms. The van der Waals surface area contributed by atoms with Crippen LogP contribution in [0, 0.1) is 0 Å². The van der Waals surface area contributed by atoms with Crippen LogP contribution in [0.4, 0.5) is 0 Å². The third kappa shape index (κ3) is 3.56. The standard InChI is InChI=1S/C15H16BrNO2/c1-17-9-11-6-7-13(8-14(11)16)19-15-5-3-2-4-12(15)10-18/h2-8,17-18H,9-10H2,1H3. The van der Waals surface area contributed by atoms with Gasteiger partial charge in [-0.2, -0.15) is 0 Å². The zero-order valence-corrected chi connectivity index (χ0v) is 12.3. The third-order valence-corrected chi connectivity index (χ3v) is 3.50. The van der Waals surface area contributed by atoms with Crippen molar-refractivity contribution >= 4 is 15.9 Å². The second kappa shape index (κ2) is 6.70. The van der Waals surface area contributed by atoms with Gasteiger partial charge in [0.2, 0.25) is 0 Å². The first-order valence-electron chi connectivity index (χ1n) is 6.04. The van der Waals surface area contributed by atoms with E-state index in [-0.39, 0.29) is 6.61 Å². The van der Waals surface area contributed by atoms with Crippen LogP contribution in [0.5, 0.6) is 11.5 Å². The van der Waals surface area contributed by atoms with Crippen LogP contribution in [0.25, 0.3) is 0 Å². The van der Waals surface area contributed by atoms with Crippen molar-refractivity contribution in [3.8, 4) is 11.5 Å². The highest BCUT2D eigenvalue weighted by atomic mass is 79.9. The molecule has 2 aromatic carbocycles. The normalized spacial score (nSPS) is 10.5. The second-order valence-corrected chi connectivity index (χ2v) is 5.01. The van der Waals surface area contributed by atoms with Gasteiger partial charge in [-0.1, -0.05) is 40.2 Å². The molecule has 0 fully saturated rings. The highest BCUT2D eigenvalue weighted by Crippen LogP contribution is 2.29. The van der Waals surface area contributed by atoms with Gasteiger partial charge in [0, 0.05) is 16.6 Å². The Hall–Kier alpha value is -1.36. The second-order valence-electron chi connectivity index (χ2n) is 4.15. The van der Waals surface area contributed by atoms with Crippen LogP contribution >= 0.6 is 15.9 Å². The molecule has 3 nitrogen and oxygen atoms in total. The average Bonchev–Trinajstić information content (AvgIpc) is 2.43. The minimum absolute atomic E-state index is 0.0326. The maximum atomic E-state index is 9.27. The number of hydrogen-bond acceptors (Lipinski definition) is 3. The van der Waals surface area contributed by atoms with Crippen molar-refractivity contribution < 1.29 is 9.84 Å². The van der Waals surface area contributed by atoms with E-state index in [1.54, 1.807) is 0 Å². The topological polar surface area (TPSA) is 41.5 Å². The van der Waals surface area contributed by atoms with E-state index in [1.807, 2.05) is 49.5 Å². The van der Waals surface area contributed by atoms with Crippen molar-refractivity contribution in [2.75, 3.05) is 7.05 Å². The number of ether oxygens (including phenoxy) is 1. The largest absolute Gasteiger partial charge is 0.457 e. The van der Waals surface area contributed by atoms with Crippen LogP contribution in [-0.4, -0.2) is 12.2 Å². The van der Waals surface area contributed by atoms with Gasteiger partial charge in [0.15, 0.2) is 0 Å². The molecule has 0 aliphatic heterocycles. The molecule has 0 aliphatic rings. The molecular weight excluding hydrogens is 306 g/mol. The Bertz CT molecular complexity index is 558. The molecule has 0 aromatic heterocycles. The predicted octanol–water partition coefficient (Wildman–Crippen LogP) is 3.45. The number of para-hydroxylation sites is 1. The van der Waals surface area contributed by atoms with Crippen molar-refractivity contribution in [2.45, 2.75) is 13.2 Å². The molecule has 0 heterocycles. The Morgan fingerprint density at radius 1 is 1.16 bits per heavy atom. The summed E-state index contributed by atoms with van der Waals surface area (Å²) in [6, 6.07) is 13.3. The highest BCUT2D eigenvalue weighted by molar-refractivity contribution is 9.10. The van der Waals surface area contributed by atoms with Gasteiger partial charge in [-0.05, 0) is 30.8 Å². The summed E-state index contributed by atoms with van der Waals surface area (Å²) in [5.41, 5.74) is 1.95. The molecule has 0 unspecified atom stereocenters. The lowest BCUT2D eigenvalue weighted by Crippen LogP contribution is -2.05. The van der Waals surface area contributed by atoms with Gasteiger partial charge in [-0.3, -0.25) is 0 Å². The molecule has 2 aromatic rings. The number of aliphatic hydroxyl groups excluding tert-OH is 1. The molecule has 0 amide bonds. The Morgan fingerprint density at radius 3 is 2.63 bits per heavy atom. The van der Waals surface area contributed by atoms with Crippen LogP contribution in [0.2, 0.25) is 0 Å². The van der Waals surface area contributed by atoms with Crippen molar-refractivity contribution in [3.05, 3.63) is 58.1 Å². The van der Waals surface area contributed by atoms with Crippen LogP contribution in [0.15, 0.2) is 46.9 Å². The van der Waals surface area contributed by atoms with Gasteiger partial charge in [0.1, 0.15) is 11.5 Å². The minimum atomic E-state index is -0.0326. The first kappa shape index (κ1) is 14.1. The lowest BCUT2D eigenvalue weighted by Gasteiger charge is -2.11. The van der Waals surface area contributed by atoms with E-state index in [1.165, 1.54) is 5.56 Å². The van der Waals surface area contributed by atoms with E-state index in [2.05, 4.69) is 21.2 Å². The molecule has 0 saturated carbocycles. The monoisotopic (exact) mass is 321 g/mol. The Labute approximate surface area is 121 Å². The first-order valence-corrected chi connectivity index (χ1v) is 6.83. The fourth-order valence-electron chi connectivity index (χ4n) is 1.79. The maximum absolute atomic E-state index is 9.27. The first-order chi connectivity index (χ1) is 9.24. The van der Waals surface area contributed by atoms with Gasteiger partial charge in [-0.25, -0.2) is 0 Å².